The maximum Gasteiger partial charge on any atom is 0.234 e. The third-order valence-corrected chi connectivity index (χ3v) is 5.08. The van der Waals surface area contributed by atoms with E-state index in [0.29, 0.717) is 24.7 Å². The fourth-order valence-corrected chi connectivity index (χ4v) is 3.51. The summed E-state index contributed by atoms with van der Waals surface area (Å²) in [5.41, 5.74) is -0.0936. The van der Waals surface area contributed by atoms with Crippen molar-refractivity contribution in [3.05, 3.63) is 0 Å². The molecule has 0 aliphatic carbocycles. The number of fused-ring (bicyclic) bond motifs is 2. The monoisotopic (exact) mass is 281 g/mol. The minimum atomic E-state index is -0.0936. The van der Waals surface area contributed by atoms with Crippen molar-refractivity contribution in [2.24, 2.45) is 0 Å². The quantitative estimate of drug-likeness (QED) is 0.781. The van der Waals surface area contributed by atoms with Gasteiger partial charge in [-0.3, -0.25) is 9.69 Å². The summed E-state index contributed by atoms with van der Waals surface area (Å²) in [6.07, 6.45) is 5.99. The molecule has 2 bridgehead atoms. The highest BCUT2D eigenvalue weighted by molar-refractivity contribution is 5.78. The van der Waals surface area contributed by atoms with E-state index in [1.54, 1.807) is 0 Å². The molecular formula is C16H31N3O. The second kappa shape index (κ2) is 6.44. The van der Waals surface area contributed by atoms with E-state index in [4.69, 9.17) is 0 Å². The lowest BCUT2D eigenvalue weighted by Gasteiger charge is -2.37. The maximum atomic E-state index is 12.2. The number of amides is 1. The summed E-state index contributed by atoms with van der Waals surface area (Å²) < 4.78 is 0. The lowest BCUT2D eigenvalue weighted by Crippen LogP contribution is -2.53. The van der Waals surface area contributed by atoms with E-state index in [9.17, 15) is 4.79 Å². The van der Waals surface area contributed by atoms with Crippen LogP contribution in [0.15, 0.2) is 0 Å². The Morgan fingerprint density at radius 3 is 2.35 bits per heavy atom. The highest BCUT2D eigenvalue weighted by Gasteiger charge is 2.36. The number of nitrogens with zero attached hydrogens (tertiary/aromatic N) is 1. The van der Waals surface area contributed by atoms with Gasteiger partial charge in [0.2, 0.25) is 5.91 Å². The first kappa shape index (κ1) is 15.8. The van der Waals surface area contributed by atoms with Gasteiger partial charge in [-0.25, -0.2) is 0 Å². The molecule has 0 spiro atoms. The van der Waals surface area contributed by atoms with Gasteiger partial charge in [-0.1, -0.05) is 13.8 Å². The Morgan fingerprint density at radius 1 is 1.25 bits per heavy atom. The maximum absolute atomic E-state index is 12.2. The van der Waals surface area contributed by atoms with Gasteiger partial charge in [-0.05, 0) is 52.5 Å². The van der Waals surface area contributed by atoms with Gasteiger partial charge in [-0.15, -0.1) is 0 Å². The Kier molecular flexibility index (Phi) is 5.08. The molecule has 2 heterocycles. The van der Waals surface area contributed by atoms with E-state index in [0.717, 1.165) is 13.0 Å². The highest BCUT2D eigenvalue weighted by Crippen LogP contribution is 2.29. The van der Waals surface area contributed by atoms with Crippen molar-refractivity contribution >= 4 is 5.91 Å². The molecule has 0 aromatic carbocycles. The summed E-state index contributed by atoms with van der Waals surface area (Å²) in [6, 6.07) is 1.94. The van der Waals surface area contributed by atoms with E-state index in [2.05, 4.69) is 43.2 Å². The zero-order valence-corrected chi connectivity index (χ0v) is 13.5. The summed E-state index contributed by atoms with van der Waals surface area (Å²) in [6.45, 7) is 9.97. The molecule has 0 aromatic heterocycles. The molecule has 2 fully saturated rings. The molecular weight excluding hydrogens is 250 g/mol. The first-order valence-electron chi connectivity index (χ1n) is 8.24. The van der Waals surface area contributed by atoms with E-state index in [1.807, 2.05) is 0 Å². The fraction of sp³-hybridized carbons (Fsp3) is 0.938. The molecule has 2 unspecified atom stereocenters. The van der Waals surface area contributed by atoms with Crippen molar-refractivity contribution in [1.29, 1.82) is 0 Å². The molecule has 1 amide bonds. The molecule has 116 valence electrons. The number of rotatable bonds is 6. The van der Waals surface area contributed by atoms with Gasteiger partial charge in [0.05, 0.1) is 6.54 Å². The molecule has 0 aromatic rings. The third-order valence-electron chi connectivity index (χ3n) is 5.08. The van der Waals surface area contributed by atoms with Crippen LogP contribution < -0.4 is 10.6 Å². The van der Waals surface area contributed by atoms with Crippen LogP contribution in [0.2, 0.25) is 0 Å². The summed E-state index contributed by atoms with van der Waals surface area (Å²) in [7, 11) is 0. The summed E-state index contributed by atoms with van der Waals surface area (Å²) in [5, 5.41) is 6.82. The van der Waals surface area contributed by atoms with Crippen LogP contribution >= 0.6 is 0 Å². The van der Waals surface area contributed by atoms with Crippen LogP contribution in [0, 0.1) is 0 Å². The molecule has 2 aliphatic heterocycles. The first-order valence-corrected chi connectivity index (χ1v) is 8.24. The Hall–Kier alpha value is -0.610. The Morgan fingerprint density at radius 2 is 1.85 bits per heavy atom. The lowest BCUT2D eigenvalue weighted by atomic mass is 9.98. The average Bonchev–Trinajstić information content (AvgIpc) is 2.74. The van der Waals surface area contributed by atoms with Crippen molar-refractivity contribution in [2.75, 3.05) is 13.1 Å². The van der Waals surface area contributed by atoms with Crippen LogP contribution in [0.25, 0.3) is 0 Å². The zero-order valence-electron chi connectivity index (χ0n) is 13.5. The molecule has 2 saturated heterocycles. The fourth-order valence-electron chi connectivity index (χ4n) is 3.51. The van der Waals surface area contributed by atoms with Gasteiger partial charge in [0.15, 0.2) is 0 Å². The predicted molar refractivity (Wildman–Crippen MR) is 82.7 cm³/mol. The van der Waals surface area contributed by atoms with Crippen LogP contribution in [-0.2, 0) is 4.79 Å². The second-order valence-electron chi connectivity index (χ2n) is 7.11. The van der Waals surface area contributed by atoms with Crippen molar-refractivity contribution in [3.63, 3.8) is 0 Å². The van der Waals surface area contributed by atoms with Gasteiger partial charge >= 0.3 is 0 Å². The molecule has 4 nitrogen and oxygen atoms in total. The summed E-state index contributed by atoms with van der Waals surface area (Å²) in [5.74, 6) is 0.171. The minimum Gasteiger partial charge on any atom is -0.350 e. The van der Waals surface area contributed by atoms with Crippen molar-refractivity contribution in [3.8, 4) is 0 Å². The minimum absolute atomic E-state index is 0.0936. The van der Waals surface area contributed by atoms with Crippen molar-refractivity contribution in [1.82, 2.24) is 15.5 Å². The zero-order chi connectivity index (χ0) is 14.8. The van der Waals surface area contributed by atoms with Crippen LogP contribution in [0.5, 0.6) is 0 Å². The third kappa shape index (κ3) is 3.95. The Labute approximate surface area is 123 Å². The van der Waals surface area contributed by atoms with E-state index < -0.39 is 0 Å². The van der Waals surface area contributed by atoms with Crippen LogP contribution in [-0.4, -0.2) is 47.6 Å². The normalized spacial score (nSPS) is 29.8. The second-order valence-corrected chi connectivity index (χ2v) is 7.11. The van der Waals surface area contributed by atoms with Crippen molar-refractivity contribution < 1.29 is 4.79 Å². The van der Waals surface area contributed by atoms with E-state index in [1.165, 1.54) is 25.7 Å². The molecule has 0 radical (unpaired) electrons. The number of carbonyl (C=O) groups is 1. The van der Waals surface area contributed by atoms with Gasteiger partial charge in [0, 0.05) is 23.7 Å². The van der Waals surface area contributed by atoms with Crippen molar-refractivity contribution in [2.45, 2.75) is 83.5 Å². The molecule has 0 saturated carbocycles. The van der Waals surface area contributed by atoms with Gasteiger partial charge < -0.3 is 10.6 Å². The van der Waals surface area contributed by atoms with Crippen LogP contribution in [0.4, 0.5) is 0 Å². The first-order chi connectivity index (χ1) is 9.43. The van der Waals surface area contributed by atoms with E-state index >= 15 is 0 Å². The number of nitrogens with one attached hydrogen (secondary N) is 2. The number of piperidine rings is 1. The molecule has 2 rings (SSSR count). The molecule has 2 atom stereocenters. The van der Waals surface area contributed by atoms with Gasteiger partial charge in [0.1, 0.15) is 0 Å². The summed E-state index contributed by atoms with van der Waals surface area (Å²) >= 11 is 0. The average molecular weight is 281 g/mol. The largest absolute Gasteiger partial charge is 0.350 e. The SMILES string of the molecule is CCN(CC(=O)NC(C)(C)CC)C1CC2CCC(C1)N2. The molecule has 4 heteroatoms. The van der Waals surface area contributed by atoms with Crippen LogP contribution in [0.1, 0.15) is 59.8 Å². The molecule has 2 N–H and O–H groups in total. The predicted octanol–water partition coefficient (Wildman–Crippen LogP) is 1.90. The number of hydrogen-bond donors (Lipinski definition) is 2. The Bertz CT molecular complexity index is 331. The smallest absolute Gasteiger partial charge is 0.234 e. The number of carbonyl (C=O) groups excluding carboxylic acids is 1. The standard InChI is InChI=1S/C16H31N3O/c1-5-16(3,4)18-15(20)11-19(6-2)14-9-12-7-8-13(10-14)17-12/h12-14,17H,5-11H2,1-4H3,(H,18,20). The van der Waals surface area contributed by atoms with E-state index in [-0.39, 0.29) is 11.4 Å². The van der Waals surface area contributed by atoms with Crippen LogP contribution in [0.3, 0.4) is 0 Å². The topological polar surface area (TPSA) is 44.4 Å². The number of likely N-dealkylation sites (N-methyl/N-ethyl adjacent to an activating group) is 1. The molecule has 2 aliphatic rings. The summed E-state index contributed by atoms with van der Waals surface area (Å²) in [4.78, 5) is 14.6. The number of hydrogen-bond acceptors (Lipinski definition) is 3. The lowest BCUT2D eigenvalue weighted by molar-refractivity contribution is -0.124. The highest BCUT2D eigenvalue weighted by atomic mass is 16.2. The van der Waals surface area contributed by atoms with Gasteiger partial charge in [-0.2, -0.15) is 0 Å². The van der Waals surface area contributed by atoms with Gasteiger partial charge in [0.25, 0.3) is 0 Å². The Balaban J connectivity index is 1.87. The molecule has 20 heavy (non-hydrogen) atoms.